The maximum atomic E-state index is 13.4. The fraction of sp³-hybridized carbons (Fsp3) is 0.0952. The lowest BCUT2D eigenvalue weighted by Gasteiger charge is -2.27. The number of nitrogens with two attached hydrogens (primary N) is 1. The SMILES string of the molecule is CC([N-]c1nc(N)ncc1Br)c1cc2cccc(Cl)c2c(=O)n1-c1ccccc1. The highest BCUT2D eigenvalue weighted by atomic mass is 79.9. The second-order valence-corrected chi connectivity index (χ2v) is 7.72. The predicted molar refractivity (Wildman–Crippen MR) is 120 cm³/mol. The van der Waals surface area contributed by atoms with Gasteiger partial charge in [-0.05, 0) is 57.4 Å². The van der Waals surface area contributed by atoms with Crippen molar-refractivity contribution in [1.29, 1.82) is 0 Å². The van der Waals surface area contributed by atoms with E-state index >= 15 is 0 Å². The van der Waals surface area contributed by atoms with Gasteiger partial charge in [0.05, 0.1) is 10.4 Å². The Morgan fingerprint density at radius 2 is 1.93 bits per heavy atom. The maximum Gasteiger partial charge on any atom is 0.264 e. The standard InChI is InChI=1S/C21H16BrClN5O/c1-12(26-19-15(22)11-25-21(24)27-19)17-10-13-6-5-9-16(23)18(13)20(29)28(17)14-7-3-2-4-8-14/h2-12H,1H3,(H2-,24,25,26,27)/q-1. The number of hydrogen-bond acceptors (Lipinski definition) is 4. The van der Waals surface area contributed by atoms with Crippen molar-refractivity contribution in [3.8, 4) is 5.69 Å². The molecule has 0 saturated carbocycles. The van der Waals surface area contributed by atoms with E-state index < -0.39 is 6.04 Å². The molecule has 6 nitrogen and oxygen atoms in total. The minimum Gasteiger partial charge on any atom is -0.455 e. The summed E-state index contributed by atoms with van der Waals surface area (Å²) in [6.07, 6.45) is 1.55. The van der Waals surface area contributed by atoms with Crippen LogP contribution < -0.4 is 11.3 Å². The third-order valence-electron chi connectivity index (χ3n) is 4.53. The molecule has 2 aromatic heterocycles. The van der Waals surface area contributed by atoms with Crippen molar-refractivity contribution in [3.05, 3.63) is 91.7 Å². The summed E-state index contributed by atoms with van der Waals surface area (Å²) in [5.74, 6) is 0.549. The molecule has 4 aromatic rings. The van der Waals surface area contributed by atoms with Crippen LogP contribution in [0.25, 0.3) is 21.8 Å². The molecule has 0 fully saturated rings. The third-order valence-corrected chi connectivity index (χ3v) is 5.40. The zero-order chi connectivity index (χ0) is 20.5. The molecule has 8 heteroatoms. The van der Waals surface area contributed by atoms with Crippen molar-refractivity contribution in [1.82, 2.24) is 14.5 Å². The Morgan fingerprint density at radius 1 is 1.17 bits per heavy atom. The first-order chi connectivity index (χ1) is 14.0. The Hall–Kier alpha value is -2.90. The third kappa shape index (κ3) is 3.71. The molecule has 2 heterocycles. The fourth-order valence-corrected chi connectivity index (χ4v) is 3.76. The number of aromatic nitrogens is 3. The molecule has 1 unspecified atom stereocenters. The first-order valence-corrected chi connectivity index (χ1v) is 10.0. The summed E-state index contributed by atoms with van der Waals surface area (Å²) in [6.45, 7) is 1.90. The van der Waals surface area contributed by atoms with E-state index in [-0.39, 0.29) is 11.5 Å². The van der Waals surface area contributed by atoms with Gasteiger partial charge in [0, 0.05) is 22.1 Å². The van der Waals surface area contributed by atoms with Gasteiger partial charge in [0.15, 0.2) is 0 Å². The summed E-state index contributed by atoms with van der Waals surface area (Å²) in [6, 6.07) is 16.4. The molecule has 0 bridgehead atoms. The van der Waals surface area contributed by atoms with Crippen LogP contribution in [-0.4, -0.2) is 14.5 Å². The smallest absolute Gasteiger partial charge is 0.264 e. The number of rotatable bonds is 4. The molecular formula is C21H16BrClN5O-. The van der Waals surface area contributed by atoms with Crippen LogP contribution in [0.15, 0.2) is 70.1 Å². The zero-order valence-electron chi connectivity index (χ0n) is 15.4. The monoisotopic (exact) mass is 468 g/mol. The molecule has 0 spiro atoms. The van der Waals surface area contributed by atoms with Crippen LogP contribution in [0.2, 0.25) is 5.02 Å². The van der Waals surface area contributed by atoms with Gasteiger partial charge in [0.2, 0.25) is 0 Å². The van der Waals surface area contributed by atoms with E-state index in [9.17, 15) is 4.79 Å². The Morgan fingerprint density at radius 3 is 2.69 bits per heavy atom. The quantitative estimate of drug-likeness (QED) is 0.425. The Balaban J connectivity index is 1.93. The van der Waals surface area contributed by atoms with Crippen molar-refractivity contribution in [2.75, 3.05) is 5.73 Å². The van der Waals surface area contributed by atoms with E-state index in [1.54, 1.807) is 16.8 Å². The molecule has 2 aromatic carbocycles. The predicted octanol–water partition coefficient (Wildman–Crippen LogP) is 5.55. The van der Waals surface area contributed by atoms with Crippen molar-refractivity contribution in [3.63, 3.8) is 0 Å². The van der Waals surface area contributed by atoms with Crippen LogP contribution in [0.3, 0.4) is 0 Å². The topological polar surface area (TPSA) is 87.9 Å². The van der Waals surface area contributed by atoms with E-state index in [4.69, 9.17) is 17.3 Å². The lowest BCUT2D eigenvalue weighted by molar-refractivity contribution is 0.800. The maximum absolute atomic E-state index is 13.4. The lowest BCUT2D eigenvalue weighted by Crippen LogP contribution is -2.23. The van der Waals surface area contributed by atoms with Crippen LogP contribution >= 0.6 is 27.5 Å². The number of fused-ring (bicyclic) bond motifs is 1. The molecule has 29 heavy (non-hydrogen) atoms. The van der Waals surface area contributed by atoms with Crippen molar-refractivity contribution >= 4 is 50.1 Å². The van der Waals surface area contributed by atoms with Gasteiger partial charge in [0.1, 0.15) is 5.95 Å². The van der Waals surface area contributed by atoms with Crippen LogP contribution in [0, 0.1) is 0 Å². The number of para-hydroxylation sites is 1. The second-order valence-electron chi connectivity index (χ2n) is 6.45. The number of nitrogen functional groups attached to an aromatic ring is 1. The molecule has 2 N–H and O–H groups in total. The molecule has 0 radical (unpaired) electrons. The van der Waals surface area contributed by atoms with E-state index in [2.05, 4.69) is 31.2 Å². The summed E-state index contributed by atoms with van der Waals surface area (Å²) < 4.78 is 2.26. The van der Waals surface area contributed by atoms with Crippen molar-refractivity contribution in [2.45, 2.75) is 13.0 Å². The normalized spacial score (nSPS) is 12.1. The van der Waals surface area contributed by atoms with Crippen LogP contribution in [0.1, 0.15) is 18.7 Å². The van der Waals surface area contributed by atoms with E-state index in [1.807, 2.05) is 55.5 Å². The molecule has 4 rings (SSSR count). The summed E-state index contributed by atoms with van der Waals surface area (Å²) in [7, 11) is 0. The second kappa shape index (κ2) is 7.85. The van der Waals surface area contributed by atoms with Crippen molar-refractivity contribution in [2.24, 2.45) is 0 Å². The van der Waals surface area contributed by atoms with Crippen LogP contribution in [0.5, 0.6) is 0 Å². The first kappa shape index (κ1) is 19.4. The van der Waals surface area contributed by atoms with Crippen LogP contribution in [-0.2, 0) is 0 Å². The average molecular weight is 470 g/mol. The minimum atomic E-state index is -0.392. The Labute approximate surface area is 180 Å². The highest BCUT2D eigenvalue weighted by Gasteiger charge is 2.16. The van der Waals surface area contributed by atoms with Gasteiger partial charge in [-0.1, -0.05) is 48.9 Å². The number of hydrogen-bond donors (Lipinski definition) is 1. The first-order valence-electron chi connectivity index (χ1n) is 8.84. The summed E-state index contributed by atoms with van der Waals surface area (Å²) in [5, 5.41) is 6.32. The van der Waals surface area contributed by atoms with Gasteiger partial charge in [-0.15, -0.1) is 0 Å². The lowest BCUT2D eigenvalue weighted by atomic mass is 10.1. The van der Waals surface area contributed by atoms with Gasteiger partial charge in [-0.3, -0.25) is 9.36 Å². The minimum absolute atomic E-state index is 0.130. The number of halogens is 2. The van der Waals surface area contributed by atoms with Gasteiger partial charge in [-0.25, -0.2) is 4.98 Å². The average Bonchev–Trinajstić information content (AvgIpc) is 2.71. The summed E-state index contributed by atoms with van der Waals surface area (Å²) in [5.41, 5.74) is 6.95. The molecule has 0 amide bonds. The summed E-state index contributed by atoms with van der Waals surface area (Å²) >= 11 is 9.75. The van der Waals surface area contributed by atoms with Gasteiger partial charge < -0.3 is 16.0 Å². The molecule has 0 saturated heterocycles. The largest absolute Gasteiger partial charge is 0.455 e. The zero-order valence-corrected chi connectivity index (χ0v) is 17.7. The highest BCUT2D eigenvalue weighted by Crippen LogP contribution is 2.36. The van der Waals surface area contributed by atoms with Gasteiger partial charge >= 0.3 is 0 Å². The highest BCUT2D eigenvalue weighted by molar-refractivity contribution is 9.10. The molecular weight excluding hydrogens is 454 g/mol. The van der Waals surface area contributed by atoms with E-state index in [0.717, 1.165) is 11.1 Å². The summed E-state index contributed by atoms with van der Waals surface area (Å²) in [4.78, 5) is 21.6. The van der Waals surface area contributed by atoms with E-state index in [1.165, 1.54) is 0 Å². The molecule has 1 atom stereocenters. The van der Waals surface area contributed by atoms with Crippen molar-refractivity contribution < 1.29 is 0 Å². The molecule has 0 aliphatic rings. The van der Waals surface area contributed by atoms with Crippen LogP contribution in [0.4, 0.5) is 11.8 Å². The number of pyridine rings is 1. The fourth-order valence-electron chi connectivity index (χ4n) is 3.20. The Kier molecular flexibility index (Phi) is 5.25. The molecule has 0 aliphatic carbocycles. The number of nitrogens with zero attached hydrogens (tertiary/aromatic N) is 4. The number of anilines is 1. The van der Waals surface area contributed by atoms with Gasteiger partial charge in [0.25, 0.3) is 5.56 Å². The molecule has 146 valence electrons. The Bertz CT molecular complexity index is 1260. The number of benzene rings is 2. The van der Waals surface area contributed by atoms with E-state index in [0.29, 0.717) is 26.4 Å². The van der Waals surface area contributed by atoms with Gasteiger partial charge in [-0.2, -0.15) is 0 Å². The molecule has 0 aliphatic heterocycles.